The highest BCUT2D eigenvalue weighted by Crippen LogP contribution is 2.73. The summed E-state index contributed by atoms with van der Waals surface area (Å²) in [6.07, 6.45) is -33.1. The van der Waals surface area contributed by atoms with E-state index in [9.17, 15) is 96.6 Å². The third-order valence-electron chi connectivity index (χ3n) is 4.32. The maximum absolute atomic E-state index is 14.2. The van der Waals surface area contributed by atoms with Gasteiger partial charge in [-0.05, 0) is 0 Å². The van der Waals surface area contributed by atoms with Gasteiger partial charge in [0.15, 0.2) is 0 Å². The van der Waals surface area contributed by atoms with Crippen LogP contribution in [0.2, 0.25) is 0 Å². The third kappa shape index (κ3) is 3.24. The SMILES string of the molecule is FC(F)(F)C(F)(F)C(F)(C1=C(C(F)(C(F)(F)F)C(F)(F)C(F)(F)F)C(F)(F)C1(F)F)C(F)(F)F. The molecular weight excluding hydrogens is 562 g/mol. The van der Waals surface area contributed by atoms with Gasteiger partial charge in [-0.2, -0.15) is 87.8 Å². The third-order valence-corrected chi connectivity index (χ3v) is 4.32. The fraction of sp³-hybridized carbons (Fsp3) is 0.833. The summed E-state index contributed by atoms with van der Waals surface area (Å²) >= 11 is 0. The van der Waals surface area contributed by atoms with Crippen molar-refractivity contribution in [1.29, 1.82) is 0 Å². The Hall–Kier alpha value is -1.80. The van der Waals surface area contributed by atoms with Crippen LogP contribution in [0.5, 0.6) is 0 Å². The quantitative estimate of drug-likeness (QED) is 0.246. The van der Waals surface area contributed by atoms with Crippen molar-refractivity contribution >= 4 is 0 Å². The Morgan fingerprint density at radius 1 is 0.324 bits per heavy atom. The zero-order chi connectivity index (χ0) is 28.2. The molecule has 1 aliphatic carbocycles. The lowest BCUT2D eigenvalue weighted by atomic mass is 9.62. The normalized spacial score (nSPS) is 23.8. The molecule has 0 aromatic carbocycles. The first-order chi connectivity index (χ1) is 14.2. The molecule has 0 aromatic heterocycles. The highest BCUT2D eigenvalue weighted by atomic mass is 19.4. The average molecular weight is 562 g/mol. The second-order valence-electron chi connectivity index (χ2n) is 6.36. The lowest BCUT2D eigenvalue weighted by molar-refractivity contribution is -0.398. The second kappa shape index (κ2) is 6.90. The summed E-state index contributed by atoms with van der Waals surface area (Å²) in [5, 5.41) is 0. The second-order valence-corrected chi connectivity index (χ2v) is 6.36. The van der Waals surface area contributed by atoms with Gasteiger partial charge in [-0.3, -0.25) is 0 Å². The highest BCUT2D eigenvalue weighted by Gasteiger charge is 2.96. The minimum atomic E-state index is -8.61. The maximum Gasteiger partial charge on any atom is 0.457 e. The first-order valence-corrected chi connectivity index (χ1v) is 7.16. The topological polar surface area (TPSA) is 0 Å². The predicted molar refractivity (Wildman–Crippen MR) is 58.7 cm³/mol. The van der Waals surface area contributed by atoms with Crippen LogP contribution in [-0.2, 0) is 0 Å². The largest absolute Gasteiger partial charge is 0.457 e. The van der Waals surface area contributed by atoms with Crippen LogP contribution in [0.3, 0.4) is 0 Å². The highest BCUT2D eigenvalue weighted by molar-refractivity contribution is 5.57. The molecular formula is C12F22. The van der Waals surface area contributed by atoms with Crippen molar-refractivity contribution in [3.8, 4) is 0 Å². The molecule has 2 unspecified atom stereocenters. The molecule has 202 valence electrons. The van der Waals surface area contributed by atoms with Gasteiger partial charge in [-0.15, -0.1) is 0 Å². The van der Waals surface area contributed by atoms with Crippen LogP contribution in [-0.4, -0.2) is 59.7 Å². The smallest absolute Gasteiger partial charge is 0.221 e. The van der Waals surface area contributed by atoms with E-state index in [0.29, 0.717) is 0 Å². The molecule has 0 nitrogen and oxygen atoms in total. The summed E-state index contributed by atoms with van der Waals surface area (Å²) in [7, 11) is 0. The molecule has 22 heteroatoms. The van der Waals surface area contributed by atoms with Gasteiger partial charge in [-0.25, -0.2) is 8.78 Å². The molecule has 0 amide bonds. The average Bonchev–Trinajstić information content (AvgIpc) is 2.53. The molecule has 0 saturated carbocycles. The van der Waals surface area contributed by atoms with E-state index in [2.05, 4.69) is 0 Å². The number of hydrogen-bond acceptors (Lipinski definition) is 0. The van der Waals surface area contributed by atoms with Crippen LogP contribution in [0.4, 0.5) is 96.6 Å². The van der Waals surface area contributed by atoms with Gasteiger partial charge < -0.3 is 0 Å². The van der Waals surface area contributed by atoms with Crippen LogP contribution in [0.15, 0.2) is 11.1 Å². The van der Waals surface area contributed by atoms with E-state index >= 15 is 0 Å². The summed E-state index contributed by atoms with van der Waals surface area (Å²) < 4.78 is 286. The summed E-state index contributed by atoms with van der Waals surface area (Å²) in [6, 6.07) is 0. The van der Waals surface area contributed by atoms with Crippen molar-refractivity contribution in [2.24, 2.45) is 0 Å². The van der Waals surface area contributed by atoms with Crippen molar-refractivity contribution in [3.63, 3.8) is 0 Å². The van der Waals surface area contributed by atoms with Gasteiger partial charge in [0, 0.05) is 0 Å². The molecule has 1 aliphatic rings. The maximum atomic E-state index is 14.2. The molecule has 0 spiro atoms. The van der Waals surface area contributed by atoms with Gasteiger partial charge in [0.25, 0.3) is 0 Å². The summed E-state index contributed by atoms with van der Waals surface area (Å²) in [4.78, 5) is 0. The summed E-state index contributed by atoms with van der Waals surface area (Å²) in [6.45, 7) is 0. The molecule has 2 atom stereocenters. The minimum Gasteiger partial charge on any atom is -0.221 e. The summed E-state index contributed by atoms with van der Waals surface area (Å²) in [5.41, 5.74) is -28.6. The van der Waals surface area contributed by atoms with Crippen LogP contribution in [0, 0.1) is 0 Å². The molecule has 0 heterocycles. The van der Waals surface area contributed by atoms with E-state index in [1.165, 1.54) is 0 Å². The van der Waals surface area contributed by atoms with E-state index in [1.54, 1.807) is 0 Å². The van der Waals surface area contributed by atoms with E-state index in [1.807, 2.05) is 0 Å². The molecule has 0 radical (unpaired) electrons. The molecule has 0 saturated heterocycles. The molecule has 0 aliphatic heterocycles. The first kappa shape index (κ1) is 30.2. The van der Waals surface area contributed by atoms with Crippen molar-refractivity contribution in [2.45, 2.75) is 59.7 Å². The Bertz CT molecular complexity index is 773. The Balaban J connectivity index is 4.54. The van der Waals surface area contributed by atoms with Gasteiger partial charge in [0.2, 0.25) is 0 Å². The van der Waals surface area contributed by atoms with Gasteiger partial charge in [0.05, 0.1) is 11.1 Å². The number of rotatable bonds is 4. The minimum absolute atomic E-state index is 5.68. The van der Waals surface area contributed by atoms with Crippen LogP contribution in [0.25, 0.3) is 0 Å². The van der Waals surface area contributed by atoms with Crippen LogP contribution >= 0.6 is 0 Å². The van der Waals surface area contributed by atoms with E-state index < -0.39 is 70.9 Å². The lowest BCUT2D eigenvalue weighted by Gasteiger charge is -2.52. The summed E-state index contributed by atoms with van der Waals surface area (Å²) in [5.74, 6) is -32.6. The Kier molecular flexibility index (Phi) is 6.14. The molecule has 0 bridgehead atoms. The van der Waals surface area contributed by atoms with Gasteiger partial charge in [-0.1, -0.05) is 0 Å². The number of hydrogen-bond donors (Lipinski definition) is 0. The van der Waals surface area contributed by atoms with Crippen molar-refractivity contribution in [2.75, 3.05) is 0 Å². The van der Waals surface area contributed by atoms with E-state index in [4.69, 9.17) is 0 Å². The van der Waals surface area contributed by atoms with Crippen molar-refractivity contribution in [1.82, 2.24) is 0 Å². The van der Waals surface area contributed by atoms with E-state index in [0.717, 1.165) is 0 Å². The Labute approximate surface area is 169 Å². The van der Waals surface area contributed by atoms with E-state index in [-0.39, 0.29) is 0 Å². The van der Waals surface area contributed by atoms with Crippen molar-refractivity contribution < 1.29 is 96.6 Å². The first-order valence-electron chi connectivity index (χ1n) is 7.16. The molecule has 0 N–H and O–H groups in total. The van der Waals surface area contributed by atoms with Crippen molar-refractivity contribution in [3.05, 3.63) is 11.1 Å². The molecule has 1 rings (SSSR count). The predicted octanol–water partition coefficient (Wildman–Crippen LogP) is 7.50. The van der Waals surface area contributed by atoms with Gasteiger partial charge >= 0.3 is 59.7 Å². The molecule has 34 heavy (non-hydrogen) atoms. The monoisotopic (exact) mass is 562 g/mol. The zero-order valence-electron chi connectivity index (χ0n) is 14.3. The van der Waals surface area contributed by atoms with Crippen LogP contribution in [0.1, 0.15) is 0 Å². The number of alkyl halides is 22. The standard InChI is InChI=1S/C12F22/c13-3(9(23,24)25,7(19,20)11(29,30)31)1-2(6(17,18)5(1,15)16)4(14,10(26,27)28)8(21,22)12(32,33)34. The fourth-order valence-corrected chi connectivity index (χ4v) is 2.69. The zero-order valence-corrected chi connectivity index (χ0v) is 14.3. The lowest BCUT2D eigenvalue weighted by Crippen LogP contribution is -2.77. The Morgan fingerprint density at radius 2 is 0.500 bits per heavy atom. The number of allylic oxidation sites excluding steroid dienone is 2. The van der Waals surface area contributed by atoms with Crippen LogP contribution < -0.4 is 0 Å². The Morgan fingerprint density at radius 3 is 0.618 bits per heavy atom. The molecule has 0 aromatic rings. The fourth-order valence-electron chi connectivity index (χ4n) is 2.69. The number of halogens is 22. The molecule has 0 fully saturated rings. The van der Waals surface area contributed by atoms with Gasteiger partial charge in [0.1, 0.15) is 0 Å².